The van der Waals surface area contributed by atoms with Crippen LogP contribution in [0, 0.1) is 0 Å². The Balaban J connectivity index is 1.76. The second kappa shape index (κ2) is 7.88. The molecular weight excluding hydrogens is 386 g/mol. The third kappa shape index (κ3) is 3.46. The third-order valence-electron chi connectivity index (χ3n) is 5.20. The molecular formula is C26H19N3O2. The van der Waals surface area contributed by atoms with E-state index < -0.39 is 0 Å². The Hall–Kier alpha value is -4.25. The summed E-state index contributed by atoms with van der Waals surface area (Å²) in [6.07, 6.45) is 5.55. The highest BCUT2D eigenvalue weighted by Gasteiger charge is 2.13. The maximum atomic E-state index is 13.5. The van der Waals surface area contributed by atoms with Crippen molar-refractivity contribution in [1.82, 2.24) is 14.5 Å². The zero-order valence-corrected chi connectivity index (χ0v) is 16.9. The van der Waals surface area contributed by atoms with Crippen LogP contribution >= 0.6 is 0 Å². The molecule has 150 valence electrons. The maximum absolute atomic E-state index is 13.5. The predicted octanol–water partition coefficient (Wildman–Crippen LogP) is 5.11. The lowest BCUT2D eigenvalue weighted by Crippen LogP contribution is -2.22. The fraction of sp³-hybridized carbons (Fsp3) is 0.0385. The minimum atomic E-state index is -0.115. The van der Waals surface area contributed by atoms with Gasteiger partial charge in [-0.2, -0.15) is 0 Å². The number of benzene rings is 3. The maximum Gasteiger partial charge on any atom is 0.266 e. The molecule has 0 atom stereocenters. The third-order valence-corrected chi connectivity index (χ3v) is 5.20. The molecule has 0 saturated carbocycles. The first-order valence-electron chi connectivity index (χ1n) is 9.93. The Bertz CT molecular complexity index is 1470. The van der Waals surface area contributed by atoms with E-state index >= 15 is 0 Å². The van der Waals surface area contributed by atoms with E-state index in [2.05, 4.69) is 4.98 Å². The molecule has 0 saturated heterocycles. The van der Waals surface area contributed by atoms with Gasteiger partial charge in [-0.3, -0.25) is 14.3 Å². The Labute approximate surface area is 178 Å². The van der Waals surface area contributed by atoms with Crippen LogP contribution in [0.4, 0.5) is 0 Å². The number of hydrogen-bond donors (Lipinski definition) is 0. The van der Waals surface area contributed by atoms with Gasteiger partial charge in [0.05, 0.1) is 29.2 Å². The lowest BCUT2D eigenvalue weighted by atomic mass is 10.1. The molecule has 0 aliphatic carbocycles. The highest BCUT2D eigenvalue weighted by Crippen LogP contribution is 2.22. The van der Waals surface area contributed by atoms with Crippen molar-refractivity contribution in [2.24, 2.45) is 0 Å². The molecule has 0 aliphatic heterocycles. The minimum absolute atomic E-state index is 0.115. The van der Waals surface area contributed by atoms with Crippen LogP contribution in [0.3, 0.4) is 0 Å². The van der Waals surface area contributed by atoms with Crippen molar-refractivity contribution in [3.63, 3.8) is 0 Å². The fourth-order valence-corrected chi connectivity index (χ4v) is 3.64. The summed E-state index contributed by atoms with van der Waals surface area (Å²) in [4.78, 5) is 22.8. The molecule has 2 aromatic heterocycles. The Morgan fingerprint density at radius 1 is 0.839 bits per heavy atom. The van der Waals surface area contributed by atoms with Gasteiger partial charge in [0.2, 0.25) is 0 Å². The molecule has 0 unspecified atom stereocenters. The summed E-state index contributed by atoms with van der Waals surface area (Å²) in [5, 5.41) is 1.42. The summed E-state index contributed by atoms with van der Waals surface area (Å²) >= 11 is 0. The van der Waals surface area contributed by atoms with Gasteiger partial charge in [-0.1, -0.05) is 36.4 Å². The second-order valence-electron chi connectivity index (χ2n) is 7.08. The van der Waals surface area contributed by atoms with E-state index in [-0.39, 0.29) is 5.56 Å². The van der Waals surface area contributed by atoms with Crippen molar-refractivity contribution >= 4 is 34.0 Å². The van der Waals surface area contributed by atoms with Gasteiger partial charge >= 0.3 is 0 Å². The molecule has 3 aromatic carbocycles. The molecule has 31 heavy (non-hydrogen) atoms. The molecule has 0 bridgehead atoms. The summed E-state index contributed by atoms with van der Waals surface area (Å²) in [6, 6.07) is 24.7. The lowest BCUT2D eigenvalue weighted by Gasteiger charge is -2.12. The number of aromatic nitrogens is 3. The van der Waals surface area contributed by atoms with Crippen molar-refractivity contribution in [1.29, 1.82) is 0 Å². The molecule has 0 radical (unpaired) electrons. The smallest absolute Gasteiger partial charge is 0.266 e. The summed E-state index contributed by atoms with van der Waals surface area (Å²) in [6.45, 7) is 0. The Morgan fingerprint density at radius 2 is 1.65 bits per heavy atom. The second-order valence-corrected chi connectivity index (χ2v) is 7.08. The topological polar surface area (TPSA) is 57.0 Å². The number of hydrogen-bond acceptors (Lipinski definition) is 4. The van der Waals surface area contributed by atoms with E-state index in [1.54, 1.807) is 23.9 Å². The molecule has 5 heteroatoms. The zero-order chi connectivity index (χ0) is 21.2. The SMILES string of the molecule is COc1ccc(C=Cc2nc3c(ccc4ncccc43)c(=O)n2-c2ccccc2)cc1. The average molecular weight is 405 g/mol. The molecule has 0 amide bonds. The quantitative estimate of drug-likeness (QED) is 0.390. The first kappa shape index (κ1) is 18.8. The van der Waals surface area contributed by atoms with Gasteiger partial charge in [0.25, 0.3) is 5.56 Å². The van der Waals surface area contributed by atoms with Crippen molar-refractivity contribution in [2.45, 2.75) is 0 Å². The highest BCUT2D eigenvalue weighted by molar-refractivity contribution is 6.03. The number of rotatable bonds is 4. The monoisotopic (exact) mass is 405 g/mol. The Kier molecular flexibility index (Phi) is 4.77. The lowest BCUT2D eigenvalue weighted by molar-refractivity contribution is 0.415. The van der Waals surface area contributed by atoms with E-state index in [9.17, 15) is 4.79 Å². The number of para-hydroxylation sites is 1. The van der Waals surface area contributed by atoms with Gasteiger partial charge in [0, 0.05) is 11.6 Å². The minimum Gasteiger partial charge on any atom is -0.497 e. The van der Waals surface area contributed by atoms with Crippen LogP contribution in [0.15, 0.2) is 89.9 Å². The van der Waals surface area contributed by atoms with Gasteiger partial charge in [-0.05, 0) is 60.2 Å². The van der Waals surface area contributed by atoms with Gasteiger partial charge in [0.1, 0.15) is 11.6 Å². The van der Waals surface area contributed by atoms with Crippen molar-refractivity contribution in [3.05, 3.63) is 107 Å². The number of pyridine rings is 1. The molecule has 5 rings (SSSR count). The average Bonchev–Trinajstić information content (AvgIpc) is 2.83. The van der Waals surface area contributed by atoms with Gasteiger partial charge in [-0.15, -0.1) is 0 Å². The van der Waals surface area contributed by atoms with Gasteiger partial charge < -0.3 is 4.74 Å². The summed E-state index contributed by atoms with van der Waals surface area (Å²) in [5.41, 5.74) is 3.09. The number of fused-ring (bicyclic) bond motifs is 3. The fourth-order valence-electron chi connectivity index (χ4n) is 3.64. The highest BCUT2D eigenvalue weighted by atomic mass is 16.5. The standard InChI is InChI=1S/C26H19N3O2/c1-31-20-12-9-18(10-13-20)11-16-24-28-25-21-8-5-17-27-23(21)15-14-22(25)26(30)29(24)19-6-3-2-4-7-19/h2-17H,1H3. The summed E-state index contributed by atoms with van der Waals surface area (Å²) in [5.74, 6) is 1.34. The number of methoxy groups -OCH3 is 1. The van der Waals surface area contributed by atoms with Crippen molar-refractivity contribution < 1.29 is 4.74 Å². The van der Waals surface area contributed by atoms with Crippen LogP contribution in [0.25, 0.3) is 39.6 Å². The van der Waals surface area contributed by atoms with Crippen LogP contribution in [0.1, 0.15) is 11.4 Å². The molecule has 0 aliphatic rings. The van der Waals surface area contributed by atoms with E-state index in [0.29, 0.717) is 16.7 Å². The Morgan fingerprint density at radius 3 is 2.42 bits per heavy atom. The van der Waals surface area contributed by atoms with Crippen LogP contribution in [0.2, 0.25) is 0 Å². The first-order valence-corrected chi connectivity index (χ1v) is 9.93. The molecule has 0 spiro atoms. The number of ether oxygens (including phenoxy) is 1. The molecule has 0 N–H and O–H groups in total. The van der Waals surface area contributed by atoms with Crippen molar-refractivity contribution in [2.75, 3.05) is 7.11 Å². The van der Waals surface area contributed by atoms with Crippen LogP contribution in [-0.4, -0.2) is 21.6 Å². The molecule has 2 heterocycles. The molecule has 5 aromatic rings. The van der Waals surface area contributed by atoms with Crippen molar-refractivity contribution in [3.8, 4) is 11.4 Å². The van der Waals surface area contributed by atoms with Gasteiger partial charge in [-0.25, -0.2) is 4.98 Å². The summed E-state index contributed by atoms with van der Waals surface area (Å²) in [7, 11) is 1.64. The van der Waals surface area contributed by atoms with Crippen LogP contribution in [0.5, 0.6) is 5.75 Å². The zero-order valence-electron chi connectivity index (χ0n) is 16.9. The first-order chi connectivity index (χ1) is 15.2. The number of nitrogens with zero attached hydrogens (tertiary/aromatic N) is 3. The molecule has 5 nitrogen and oxygen atoms in total. The van der Waals surface area contributed by atoms with Crippen LogP contribution < -0.4 is 10.3 Å². The predicted molar refractivity (Wildman–Crippen MR) is 125 cm³/mol. The van der Waals surface area contributed by atoms with E-state index in [1.807, 2.05) is 84.9 Å². The van der Waals surface area contributed by atoms with Gasteiger partial charge in [0.15, 0.2) is 0 Å². The van der Waals surface area contributed by atoms with E-state index in [0.717, 1.165) is 27.9 Å². The summed E-state index contributed by atoms with van der Waals surface area (Å²) < 4.78 is 6.87. The normalized spacial score (nSPS) is 11.4. The largest absolute Gasteiger partial charge is 0.497 e. The van der Waals surface area contributed by atoms with Crippen LogP contribution in [-0.2, 0) is 0 Å². The van der Waals surface area contributed by atoms with E-state index in [1.165, 1.54) is 0 Å². The van der Waals surface area contributed by atoms with E-state index in [4.69, 9.17) is 9.72 Å². The molecule has 0 fully saturated rings.